The standard InChI is InChI=1S/C14H20N4O3/c1-5-12-11(8-20-17-12)7-18(4)10(3)14(19)15-13-6-9(2)16-21-13/h6,8,10H,5,7H2,1-4H3,(H,15,19). The van der Waals surface area contributed by atoms with E-state index in [1.807, 2.05) is 25.8 Å². The second-order valence-electron chi connectivity index (χ2n) is 5.05. The normalized spacial score (nSPS) is 12.6. The van der Waals surface area contributed by atoms with Crippen LogP contribution in [0, 0.1) is 6.92 Å². The molecule has 0 aromatic carbocycles. The number of aromatic nitrogens is 2. The van der Waals surface area contributed by atoms with Crippen LogP contribution in [0.1, 0.15) is 30.8 Å². The molecule has 2 rings (SSSR count). The van der Waals surface area contributed by atoms with E-state index in [1.54, 1.807) is 19.3 Å². The molecule has 0 radical (unpaired) electrons. The molecule has 0 spiro atoms. The maximum atomic E-state index is 12.2. The van der Waals surface area contributed by atoms with Crippen LogP contribution in [0.3, 0.4) is 0 Å². The third kappa shape index (κ3) is 3.69. The highest BCUT2D eigenvalue weighted by molar-refractivity contribution is 5.93. The molecule has 0 aliphatic heterocycles. The SMILES string of the molecule is CCc1nocc1CN(C)C(C)C(=O)Nc1cc(C)no1. The lowest BCUT2D eigenvalue weighted by molar-refractivity contribution is -0.120. The number of aryl methyl sites for hydroxylation is 2. The Balaban J connectivity index is 1.95. The molecule has 114 valence electrons. The van der Waals surface area contributed by atoms with E-state index in [0.717, 1.165) is 23.4 Å². The number of carbonyl (C=O) groups is 1. The van der Waals surface area contributed by atoms with E-state index in [2.05, 4.69) is 15.6 Å². The average Bonchev–Trinajstić information content (AvgIpc) is 3.06. The summed E-state index contributed by atoms with van der Waals surface area (Å²) in [6, 6.07) is 1.36. The maximum absolute atomic E-state index is 12.2. The quantitative estimate of drug-likeness (QED) is 0.876. The molecule has 2 heterocycles. The number of likely N-dealkylation sites (N-methyl/N-ethyl adjacent to an activating group) is 1. The fourth-order valence-corrected chi connectivity index (χ4v) is 1.95. The number of nitrogens with one attached hydrogen (secondary N) is 1. The Labute approximate surface area is 123 Å². The van der Waals surface area contributed by atoms with Gasteiger partial charge in [0.15, 0.2) is 0 Å². The van der Waals surface area contributed by atoms with E-state index in [0.29, 0.717) is 12.4 Å². The highest BCUT2D eigenvalue weighted by atomic mass is 16.5. The van der Waals surface area contributed by atoms with Crippen molar-refractivity contribution in [1.29, 1.82) is 0 Å². The number of anilines is 1. The van der Waals surface area contributed by atoms with Crippen molar-refractivity contribution in [3.05, 3.63) is 29.3 Å². The van der Waals surface area contributed by atoms with Crippen molar-refractivity contribution in [2.45, 2.75) is 39.8 Å². The number of hydrogen-bond donors (Lipinski definition) is 1. The van der Waals surface area contributed by atoms with Gasteiger partial charge in [-0.05, 0) is 27.3 Å². The molecule has 2 aromatic heterocycles. The molecule has 21 heavy (non-hydrogen) atoms. The van der Waals surface area contributed by atoms with Gasteiger partial charge in [-0.15, -0.1) is 0 Å². The lowest BCUT2D eigenvalue weighted by Crippen LogP contribution is -2.39. The van der Waals surface area contributed by atoms with Gasteiger partial charge in [0, 0.05) is 18.2 Å². The van der Waals surface area contributed by atoms with Gasteiger partial charge in [-0.1, -0.05) is 17.2 Å². The highest BCUT2D eigenvalue weighted by Crippen LogP contribution is 2.14. The molecule has 0 aliphatic rings. The van der Waals surface area contributed by atoms with Gasteiger partial charge in [-0.3, -0.25) is 15.0 Å². The number of hydrogen-bond acceptors (Lipinski definition) is 6. The van der Waals surface area contributed by atoms with Crippen LogP contribution < -0.4 is 5.32 Å². The topological polar surface area (TPSA) is 84.4 Å². The van der Waals surface area contributed by atoms with E-state index in [4.69, 9.17) is 9.05 Å². The van der Waals surface area contributed by atoms with Crippen LogP contribution in [0.25, 0.3) is 0 Å². The Kier molecular flexibility index (Phi) is 4.74. The fraction of sp³-hybridized carbons (Fsp3) is 0.500. The lowest BCUT2D eigenvalue weighted by Gasteiger charge is -2.22. The maximum Gasteiger partial charge on any atom is 0.243 e. The third-order valence-corrected chi connectivity index (χ3v) is 3.40. The van der Waals surface area contributed by atoms with E-state index >= 15 is 0 Å². The highest BCUT2D eigenvalue weighted by Gasteiger charge is 2.21. The summed E-state index contributed by atoms with van der Waals surface area (Å²) >= 11 is 0. The van der Waals surface area contributed by atoms with Gasteiger partial charge in [-0.2, -0.15) is 0 Å². The first-order valence-electron chi connectivity index (χ1n) is 6.87. The van der Waals surface area contributed by atoms with Crippen LogP contribution in [-0.4, -0.2) is 34.2 Å². The Bertz CT molecular complexity index is 605. The lowest BCUT2D eigenvalue weighted by atomic mass is 10.2. The Morgan fingerprint density at radius 3 is 2.86 bits per heavy atom. The van der Waals surface area contributed by atoms with E-state index in [1.165, 1.54) is 0 Å². The largest absolute Gasteiger partial charge is 0.364 e. The summed E-state index contributed by atoms with van der Waals surface area (Å²) in [5.41, 5.74) is 2.64. The van der Waals surface area contributed by atoms with Crippen LogP contribution >= 0.6 is 0 Å². The van der Waals surface area contributed by atoms with Crippen molar-refractivity contribution in [2.24, 2.45) is 0 Å². The Hall–Kier alpha value is -2.15. The van der Waals surface area contributed by atoms with Crippen molar-refractivity contribution >= 4 is 11.8 Å². The smallest absolute Gasteiger partial charge is 0.243 e. The van der Waals surface area contributed by atoms with Crippen LogP contribution in [0.5, 0.6) is 0 Å². The molecule has 0 bridgehead atoms. The molecule has 0 saturated carbocycles. The molecule has 7 nitrogen and oxygen atoms in total. The first kappa shape index (κ1) is 15.2. The van der Waals surface area contributed by atoms with Gasteiger partial charge in [0.25, 0.3) is 0 Å². The fourth-order valence-electron chi connectivity index (χ4n) is 1.95. The molecule has 0 fully saturated rings. The summed E-state index contributed by atoms with van der Waals surface area (Å²) in [6.45, 7) is 6.24. The summed E-state index contributed by atoms with van der Waals surface area (Å²) in [5.74, 6) is 0.208. The minimum atomic E-state index is -0.324. The van der Waals surface area contributed by atoms with E-state index < -0.39 is 0 Å². The van der Waals surface area contributed by atoms with Crippen LogP contribution in [0.4, 0.5) is 5.88 Å². The first-order valence-corrected chi connectivity index (χ1v) is 6.87. The molecular formula is C14H20N4O3. The summed E-state index contributed by atoms with van der Waals surface area (Å²) in [7, 11) is 1.88. The number of nitrogens with zero attached hydrogens (tertiary/aromatic N) is 3. The van der Waals surface area contributed by atoms with E-state index in [-0.39, 0.29) is 11.9 Å². The number of rotatable bonds is 6. The van der Waals surface area contributed by atoms with Gasteiger partial charge in [-0.25, -0.2) is 0 Å². The minimum Gasteiger partial charge on any atom is -0.364 e. The number of amides is 1. The molecule has 1 N–H and O–H groups in total. The molecule has 2 aromatic rings. The molecule has 1 unspecified atom stereocenters. The summed E-state index contributed by atoms with van der Waals surface area (Å²) in [5, 5.41) is 10.4. The summed E-state index contributed by atoms with van der Waals surface area (Å²) in [4.78, 5) is 14.1. The second kappa shape index (κ2) is 6.53. The molecular weight excluding hydrogens is 272 g/mol. The molecule has 0 saturated heterocycles. The van der Waals surface area contributed by atoms with Gasteiger partial charge >= 0.3 is 0 Å². The zero-order valence-electron chi connectivity index (χ0n) is 12.7. The second-order valence-corrected chi connectivity index (χ2v) is 5.05. The molecule has 7 heteroatoms. The minimum absolute atomic E-state index is 0.150. The van der Waals surface area contributed by atoms with Gasteiger partial charge < -0.3 is 9.05 Å². The van der Waals surface area contributed by atoms with Crippen molar-refractivity contribution in [2.75, 3.05) is 12.4 Å². The zero-order chi connectivity index (χ0) is 15.4. The van der Waals surface area contributed by atoms with Gasteiger partial charge in [0.05, 0.1) is 17.4 Å². The third-order valence-electron chi connectivity index (χ3n) is 3.40. The van der Waals surface area contributed by atoms with Gasteiger partial charge in [0.1, 0.15) is 6.26 Å². The van der Waals surface area contributed by atoms with Crippen molar-refractivity contribution in [1.82, 2.24) is 15.2 Å². The summed E-state index contributed by atoms with van der Waals surface area (Å²) in [6.07, 6.45) is 2.43. The van der Waals surface area contributed by atoms with Crippen LogP contribution in [0.15, 0.2) is 21.4 Å². The zero-order valence-corrected chi connectivity index (χ0v) is 12.7. The first-order chi connectivity index (χ1) is 10.0. The molecule has 0 aliphatic carbocycles. The van der Waals surface area contributed by atoms with Crippen LogP contribution in [0.2, 0.25) is 0 Å². The van der Waals surface area contributed by atoms with Crippen molar-refractivity contribution in [3.8, 4) is 0 Å². The Morgan fingerprint density at radius 2 is 2.24 bits per heavy atom. The molecule has 1 amide bonds. The summed E-state index contributed by atoms with van der Waals surface area (Å²) < 4.78 is 9.96. The molecule has 1 atom stereocenters. The monoisotopic (exact) mass is 292 g/mol. The average molecular weight is 292 g/mol. The number of carbonyl (C=O) groups excluding carboxylic acids is 1. The van der Waals surface area contributed by atoms with Crippen molar-refractivity contribution < 1.29 is 13.8 Å². The van der Waals surface area contributed by atoms with Crippen molar-refractivity contribution in [3.63, 3.8) is 0 Å². The van der Waals surface area contributed by atoms with Gasteiger partial charge in [0.2, 0.25) is 11.8 Å². The Morgan fingerprint density at radius 1 is 1.48 bits per heavy atom. The van der Waals surface area contributed by atoms with E-state index in [9.17, 15) is 4.79 Å². The van der Waals surface area contributed by atoms with Crippen LogP contribution in [-0.2, 0) is 17.8 Å². The predicted octanol–water partition coefficient (Wildman–Crippen LogP) is 1.99. The predicted molar refractivity (Wildman–Crippen MR) is 76.7 cm³/mol.